The summed E-state index contributed by atoms with van der Waals surface area (Å²) in [6, 6.07) is 27.7. The van der Waals surface area contributed by atoms with Gasteiger partial charge in [-0.1, -0.05) is 78.4 Å². The van der Waals surface area contributed by atoms with Crippen LogP contribution in [0, 0.1) is 6.92 Å². The molecule has 0 saturated heterocycles. The monoisotopic (exact) mass is 360 g/mol. The molecular weight excluding hydrogens is 340 g/mol. The Bertz CT molecular complexity index is 1310. The minimum absolute atomic E-state index is 0.955. The van der Waals surface area contributed by atoms with E-state index in [2.05, 4.69) is 115 Å². The molecule has 0 spiro atoms. The van der Waals surface area contributed by atoms with E-state index < -0.39 is 0 Å². The highest BCUT2D eigenvalue weighted by Crippen LogP contribution is 2.21. The molecule has 0 fully saturated rings. The van der Waals surface area contributed by atoms with Crippen LogP contribution in [0.4, 0.5) is 0 Å². The highest BCUT2D eigenvalue weighted by atomic mass is 15.0. The van der Waals surface area contributed by atoms with Crippen LogP contribution in [0.25, 0.3) is 39.8 Å². The Kier molecular flexibility index (Phi) is 4.02. The van der Waals surface area contributed by atoms with Crippen LogP contribution in [-0.2, 0) is 0 Å². The maximum atomic E-state index is 4.80. The summed E-state index contributed by atoms with van der Waals surface area (Å²) >= 11 is 0. The molecule has 0 saturated carbocycles. The number of hydrogen-bond donors (Lipinski definition) is 0. The van der Waals surface area contributed by atoms with Gasteiger partial charge in [-0.15, -0.1) is 0 Å². The summed E-state index contributed by atoms with van der Waals surface area (Å²) in [5.41, 5.74) is 6.69. The molecule has 2 heterocycles. The number of aromatic nitrogens is 2. The van der Waals surface area contributed by atoms with Crippen LogP contribution in [0.1, 0.15) is 16.7 Å². The molecule has 0 radical (unpaired) electrons. The molecule has 0 aliphatic rings. The van der Waals surface area contributed by atoms with Gasteiger partial charge in [-0.3, -0.25) is 0 Å². The lowest BCUT2D eigenvalue weighted by Gasteiger charge is -2.00. The van der Waals surface area contributed by atoms with Crippen molar-refractivity contribution < 1.29 is 0 Å². The zero-order valence-corrected chi connectivity index (χ0v) is 15.7. The van der Waals surface area contributed by atoms with Crippen LogP contribution < -0.4 is 0 Å². The van der Waals surface area contributed by atoms with Crippen LogP contribution >= 0.6 is 0 Å². The largest absolute Gasteiger partial charge is 0.306 e. The van der Waals surface area contributed by atoms with Crippen LogP contribution in [0.3, 0.4) is 0 Å². The molecule has 0 atom stereocenters. The zero-order chi connectivity index (χ0) is 18.9. The molecule has 0 aliphatic heterocycles. The molecule has 5 aromatic rings. The second kappa shape index (κ2) is 6.82. The SMILES string of the molecule is Cc1ccc(-c2cn3ccc(C=Cc4ccc5ccccc5c4)cc3n2)cc1. The third-order valence-electron chi connectivity index (χ3n) is 5.07. The smallest absolute Gasteiger partial charge is 0.138 e. The maximum absolute atomic E-state index is 4.80. The van der Waals surface area contributed by atoms with Gasteiger partial charge in [0.2, 0.25) is 0 Å². The summed E-state index contributed by atoms with van der Waals surface area (Å²) in [7, 11) is 0. The number of fused-ring (bicyclic) bond motifs is 2. The highest BCUT2D eigenvalue weighted by molar-refractivity contribution is 5.86. The van der Waals surface area contributed by atoms with Gasteiger partial charge in [-0.2, -0.15) is 0 Å². The summed E-state index contributed by atoms with van der Waals surface area (Å²) in [4.78, 5) is 4.80. The molecule has 0 N–H and O–H groups in total. The number of hydrogen-bond acceptors (Lipinski definition) is 1. The highest BCUT2D eigenvalue weighted by Gasteiger charge is 2.04. The first kappa shape index (κ1) is 16.5. The van der Waals surface area contributed by atoms with Crippen molar-refractivity contribution in [1.82, 2.24) is 9.38 Å². The van der Waals surface area contributed by atoms with E-state index in [0.717, 1.165) is 22.5 Å². The van der Waals surface area contributed by atoms with Gasteiger partial charge in [0.15, 0.2) is 0 Å². The lowest BCUT2D eigenvalue weighted by molar-refractivity contribution is 1.18. The first-order valence-electron chi connectivity index (χ1n) is 9.47. The summed E-state index contributed by atoms with van der Waals surface area (Å²) in [6.45, 7) is 2.10. The van der Waals surface area contributed by atoms with E-state index in [1.165, 1.54) is 21.9 Å². The number of pyridine rings is 1. The van der Waals surface area contributed by atoms with Crippen molar-refractivity contribution >= 4 is 28.6 Å². The van der Waals surface area contributed by atoms with Crippen molar-refractivity contribution in [3.8, 4) is 11.3 Å². The maximum Gasteiger partial charge on any atom is 0.138 e. The molecule has 0 bridgehead atoms. The minimum atomic E-state index is 0.955. The number of aryl methyl sites for hydroxylation is 1. The van der Waals surface area contributed by atoms with Crippen molar-refractivity contribution in [3.63, 3.8) is 0 Å². The lowest BCUT2D eigenvalue weighted by atomic mass is 10.1. The van der Waals surface area contributed by atoms with Gasteiger partial charge in [0.05, 0.1) is 5.69 Å². The normalized spacial score (nSPS) is 11.6. The van der Waals surface area contributed by atoms with Gasteiger partial charge in [0.1, 0.15) is 5.65 Å². The second-order valence-corrected chi connectivity index (χ2v) is 7.16. The van der Waals surface area contributed by atoms with Crippen molar-refractivity contribution in [2.75, 3.05) is 0 Å². The topological polar surface area (TPSA) is 17.3 Å². The van der Waals surface area contributed by atoms with E-state index in [1.54, 1.807) is 0 Å². The van der Waals surface area contributed by atoms with Gasteiger partial charge in [-0.05, 0) is 47.0 Å². The molecule has 134 valence electrons. The van der Waals surface area contributed by atoms with Gasteiger partial charge < -0.3 is 4.40 Å². The van der Waals surface area contributed by atoms with Crippen molar-refractivity contribution in [1.29, 1.82) is 0 Å². The molecule has 0 unspecified atom stereocenters. The third kappa shape index (κ3) is 3.21. The quantitative estimate of drug-likeness (QED) is 0.353. The molecule has 0 amide bonds. The Hall–Kier alpha value is -3.65. The molecular formula is C26H20N2. The van der Waals surface area contributed by atoms with Gasteiger partial charge in [-0.25, -0.2) is 4.98 Å². The summed E-state index contributed by atoms with van der Waals surface area (Å²) in [6.07, 6.45) is 8.45. The van der Waals surface area contributed by atoms with E-state index in [0.29, 0.717) is 0 Å². The Morgan fingerprint density at radius 1 is 0.750 bits per heavy atom. The molecule has 2 heteroatoms. The Morgan fingerprint density at radius 3 is 2.32 bits per heavy atom. The van der Waals surface area contributed by atoms with E-state index >= 15 is 0 Å². The Morgan fingerprint density at radius 2 is 1.50 bits per heavy atom. The number of benzene rings is 3. The number of imidazole rings is 1. The fourth-order valence-electron chi connectivity index (χ4n) is 3.47. The lowest BCUT2D eigenvalue weighted by Crippen LogP contribution is -1.83. The summed E-state index contributed by atoms with van der Waals surface area (Å²) in [5.74, 6) is 0. The fraction of sp³-hybridized carbons (Fsp3) is 0.0385. The molecule has 2 aromatic heterocycles. The van der Waals surface area contributed by atoms with Crippen molar-refractivity contribution in [3.05, 3.63) is 108 Å². The fourth-order valence-corrected chi connectivity index (χ4v) is 3.47. The van der Waals surface area contributed by atoms with Gasteiger partial charge in [0, 0.05) is 18.0 Å². The Labute approximate surface area is 164 Å². The average Bonchev–Trinajstić information content (AvgIpc) is 3.16. The zero-order valence-electron chi connectivity index (χ0n) is 15.7. The Balaban J connectivity index is 1.45. The van der Waals surface area contributed by atoms with Crippen LogP contribution in [-0.4, -0.2) is 9.38 Å². The van der Waals surface area contributed by atoms with E-state index in [9.17, 15) is 0 Å². The van der Waals surface area contributed by atoms with Crippen LogP contribution in [0.2, 0.25) is 0 Å². The molecule has 0 aliphatic carbocycles. The number of rotatable bonds is 3. The van der Waals surface area contributed by atoms with E-state index in [-0.39, 0.29) is 0 Å². The number of nitrogens with zero attached hydrogens (tertiary/aromatic N) is 2. The second-order valence-electron chi connectivity index (χ2n) is 7.16. The first-order valence-corrected chi connectivity index (χ1v) is 9.47. The molecule has 2 nitrogen and oxygen atoms in total. The standard InChI is InChI=1S/C26H20N2/c1-19-6-11-23(12-7-19)25-18-28-15-14-21(17-26(28)27-25)9-8-20-10-13-22-4-2-3-5-24(22)16-20/h2-18H,1H3. The van der Waals surface area contributed by atoms with Crippen molar-refractivity contribution in [2.45, 2.75) is 6.92 Å². The van der Waals surface area contributed by atoms with E-state index in [1.807, 2.05) is 0 Å². The third-order valence-corrected chi connectivity index (χ3v) is 5.07. The minimum Gasteiger partial charge on any atom is -0.306 e. The summed E-state index contributed by atoms with van der Waals surface area (Å²) in [5, 5.41) is 2.53. The first-order chi connectivity index (χ1) is 13.7. The molecule has 28 heavy (non-hydrogen) atoms. The average molecular weight is 360 g/mol. The van der Waals surface area contributed by atoms with Gasteiger partial charge in [0.25, 0.3) is 0 Å². The summed E-state index contributed by atoms with van der Waals surface area (Å²) < 4.78 is 2.07. The predicted molar refractivity (Wildman–Crippen MR) is 118 cm³/mol. The van der Waals surface area contributed by atoms with Gasteiger partial charge >= 0.3 is 0 Å². The molecule has 5 rings (SSSR count). The van der Waals surface area contributed by atoms with E-state index in [4.69, 9.17) is 4.98 Å². The van der Waals surface area contributed by atoms with Crippen LogP contribution in [0.15, 0.2) is 91.3 Å². The molecule has 3 aromatic carbocycles. The van der Waals surface area contributed by atoms with Crippen LogP contribution in [0.5, 0.6) is 0 Å². The van der Waals surface area contributed by atoms with Crippen molar-refractivity contribution in [2.24, 2.45) is 0 Å². The predicted octanol–water partition coefficient (Wildman–Crippen LogP) is 6.63.